The Morgan fingerprint density at radius 3 is 2.69 bits per heavy atom. The fourth-order valence-corrected chi connectivity index (χ4v) is 1.88. The van der Waals surface area contributed by atoms with Crippen molar-refractivity contribution in [2.45, 2.75) is 13.8 Å². The van der Waals surface area contributed by atoms with E-state index in [0.717, 1.165) is 11.2 Å². The van der Waals surface area contributed by atoms with Crippen molar-refractivity contribution in [3.8, 4) is 0 Å². The molecule has 0 bridgehead atoms. The number of nitrogens with zero attached hydrogens (tertiary/aromatic N) is 1. The maximum absolute atomic E-state index is 11.4. The molecule has 0 unspecified atom stereocenters. The van der Waals surface area contributed by atoms with Gasteiger partial charge in [0.05, 0.1) is 4.92 Å². The molecule has 0 saturated heterocycles. The molecule has 1 heterocycles. The number of fused-ring (bicyclic) bond motifs is 1. The number of aromatic amines is 1. The number of hydrogen-bond donors (Lipinski definition) is 1. The topological polar surface area (TPSA) is 76.0 Å². The van der Waals surface area contributed by atoms with E-state index >= 15 is 0 Å². The van der Waals surface area contributed by atoms with Crippen LogP contribution in [0.4, 0.5) is 5.69 Å². The van der Waals surface area contributed by atoms with Crippen molar-refractivity contribution in [1.82, 2.24) is 4.98 Å². The summed E-state index contributed by atoms with van der Waals surface area (Å²) in [7, 11) is 0. The van der Waals surface area contributed by atoms with Crippen molar-refractivity contribution in [2.75, 3.05) is 0 Å². The second kappa shape index (κ2) is 3.44. The number of carbonyl (C=O) groups is 1. The molecule has 2 aromatic rings. The number of rotatable bonds is 2. The molecule has 0 aliphatic heterocycles. The second-order valence-electron chi connectivity index (χ2n) is 3.67. The van der Waals surface area contributed by atoms with Crippen molar-refractivity contribution in [2.24, 2.45) is 0 Å². The van der Waals surface area contributed by atoms with Crippen molar-refractivity contribution in [1.29, 1.82) is 0 Å². The molecular weight excluding hydrogens is 208 g/mol. The van der Waals surface area contributed by atoms with Crippen LogP contribution in [0, 0.1) is 17.0 Å². The molecule has 0 aliphatic carbocycles. The average Bonchev–Trinajstić information content (AvgIpc) is 2.51. The summed E-state index contributed by atoms with van der Waals surface area (Å²) in [4.78, 5) is 24.6. The summed E-state index contributed by atoms with van der Waals surface area (Å²) in [6.07, 6.45) is 0. The van der Waals surface area contributed by atoms with Crippen LogP contribution >= 0.6 is 0 Å². The van der Waals surface area contributed by atoms with Gasteiger partial charge in [-0.15, -0.1) is 0 Å². The average molecular weight is 218 g/mol. The summed E-state index contributed by atoms with van der Waals surface area (Å²) in [5, 5.41) is 11.3. The third-order valence-corrected chi connectivity index (χ3v) is 2.53. The number of Topliss-reactive ketones (excluding diaryl/α,β-unsaturated/α-hetero) is 1. The molecule has 0 amide bonds. The number of nitro benzene ring substituents is 1. The number of aryl methyl sites for hydroxylation is 1. The van der Waals surface area contributed by atoms with Gasteiger partial charge in [-0.25, -0.2) is 0 Å². The van der Waals surface area contributed by atoms with Gasteiger partial charge in [0.15, 0.2) is 5.78 Å². The molecule has 5 nitrogen and oxygen atoms in total. The van der Waals surface area contributed by atoms with Crippen LogP contribution in [-0.2, 0) is 0 Å². The lowest BCUT2D eigenvalue weighted by molar-refractivity contribution is -0.384. The molecular formula is C11H10N2O3. The van der Waals surface area contributed by atoms with Crippen LogP contribution < -0.4 is 0 Å². The van der Waals surface area contributed by atoms with E-state index in [1.807, 2.05) is 0 Å². The van der Waals surface area contributed by atoms with Crippen LogP contribution in [0.15, 0.2) is 18.2 Å². The predicted molar refractivity (Wildman–Crippen MR) is 59.7 cm³/mol. The summed E-state index contributed by atoms with van der Waals surface area (Å²) in [5.41, 5.74) is 2.00. The first-order valence-corrected chi connectivity index (χ1v) is 4.78. The number of carbonyl (C=O) groups excluding carboxylic acids is 1. The van der Waals surface area contributed by atoms with Gasteiger partial charge in [-0.3, -0.25) is 14.9 Å². The number of hydrogen-bond acceptors (Lipinski definition) is 3. The second-order valence-corrected chi connectivity index (χ2v) is 3.67. The minimum Gasteiger partial charge on any atom is -0.358 e. The first-order chi connectivity index (χ1) is 7.50. The van der Waals surface area contributed by atoms with Crippen LogP contribution in [-0.4, -0.2) is 15.7 Å². The van der Waals surface area contributed by atoms with Gasteiger partial charge in [-0.2, -0.15) is 0 Å². The van der Waals surface area contributed by atoms with Crippen molar-refractivity contribution < 1.29 is 9.72 Å². The van der Waals surface area contributed by atoms with Gasteiger partial charge in [-0.05, 0) is 19.9 Å². The molecule has 5 heteroatoms. The number of non-ortho nitro benzene ring substituents is 1. The minimum absolute atomic E-state index is 0.00556. The van der Waals surface area contributed by atoms with E-state index in [9.17, 15) is 14.9 Å². The Balaban J connectivity index is 2.79. The van der Waals surface area contributed by atoms with Crippen LogP contribution in [0.25, 0.3) is 10.9 Å². The summed E-state index contributed by atoms with van der Waals surface area (Å²) >= 11 is 0. The first kappa shape index (κ1) is 10.4. The Bertz CT molecular complexity index is 599. The van der Waals surface area contributed by atoms with E-state index in [0.29, 0.717) is 10.9 Å². The zero-order valence-electron chi connectivity index (χ0n) is 8.90. The molecule has 16 heavy (non-hydrogen) atoms. The van der Waals surface area contributed by atoms with Gasteiger partial charge in [-0.1, -0.05) is 0 Å². The van der Waals surface area contributed by atoms with Crippen LogP contribution in [0.1, 0.15) is 23.0 Å². The first-order valence-electron chi connectivity index (χ1n) is 4.78. The van der Waals surface area contributed by atoms with Gasteiger partial charge in [0.2, 0.25) is 0 Å². The van der Waals surface area contributed by atoms with Gasteiger partial charge >= 0.3 is 0 Å². The maximum Gasteiger partial charge on any atom is 0.270 e. The van der Waals surface area contributed by atoms with Gasteiger partial charge in [0.1, 0.15) is 0 Å². The fourth-order valence-electron chi connectivity index (χ4n) is 1.88. The van der Waals surface area contributed by atoms with Crippen molar-refractivity contribution in [3.05, 3.63) is 39.6 Å². The third-order valence-electron chi connectivity index (χ3n) is 2.53. The van der Waals surface area contributed by atoms with Crippen LogP contribution in [0.5, 0.6) is 0 Å². The number of nitro groups is 1. The summed E-state index contributed by atoms with van der Waals surface area (Å²) in [6, 6.07) is 4.46. The number of benzene rings is 1. The Hall–Kier alpha value is -2.17. The van der Waals surface area contributed by atoms with E-state index in [4.69, 9.17) is 0 Å². The van der Waals surface area contributed by atoms with E-state index in [1.165, 1.54) is 19.1 Å². The molecule has 82 valence electrons. The number of H-pyrrole nitrogens is 1. The SMILES string of the molecule is CC(=O)c1c(C)[nH]c2ccc([N+](=O)[O-])cc12. The highest BCUT2D eigenvalue weighted by atomic mass is 16.6. The molecule has 2 rings (SSSR count). The molecule has 0 atom stereocenters. The molecule has 1 aromatic carbocycles. The van der Waals surface area contributed by atoms with E-state index in [-0.39, 0.29) is 11.5 Å². The number of ketones is 1. The largest absolute Gasteiger partial charge is 0.358 e. The summed E-state index contributed by atoms with van der Waals surface area (Å²) < 4.78 is 0. The van der Waals surface area contributed by atoms with Crippen LogP contribution in [0.2, 0.25) is 0 Å². The normalized spacial score (nSPS) is 10.6. The van der Waals surface area contributed by atoms with Crippen molar-refractivity contribution >= 4 is 22.4 Å². The zero-order valence-corrected chi connectivity index (χ0v) is 8.90. The smallest absolute Gasteiger partial charge is 0.270 e. The Morgan fingerprint density at radius 1 is 1.44 bits per heavy atom. The summed E-state index contributed by atoms with van der Waals surface area (Å²) in [5.74, 6) is -0.0933. The molecule has 0 spiro atoms. The lowest BCUT2D eigenvalue weighted by Crippen LogP contribution is -1.93. The summed E-state index contributed by atoms with van der Waals surface area (Å²) in [6.45, 7) is 3.23. The molecule has 0 aliphatic rings. The molecule has 0 fully saturated rings. The molecule has 0 radical (unpaired) electrons. The van der Waals surface area contributed by atoms with E-state index in [2.05, 4.69) is 4.98 Å². The van der Waals surface area contributed by atoms with Gasteiger partial charge < -0.3 is 4.98 Å². The predicted octanol–water partition coefficient (Wildman–Crippen LogP) is 2.59. The standard InChI is InChI=1S/C11H10N2O3/c1-6-11(7(2)14)9-5-8(13(15)16)3-4-10(9)12-6/h3-5,12H,1-2H3. The Morgan fingerprint density at radius 2 is 2.12 bits per heavy atom. The monoisotopic (exact) mass is 218 g/mol. The lowest BCUT2D eigenvalue weighted by Gasteiger charge is -1.95. The third kappa shape index (κ3) is 1.46. The Labute approximate surface area is 91.2 Å². The zero-order chi connectivity index (χ0) is 11.9. The molecule has 1 aromatic heterocycles. The highest BCUT2D eigenvalue weighted by molar-refractivity contribution is 6.08. The molecule has 1 N–H and O–H groups in total. The molecule has 0 saturated carbocycles. The van der Waals surface area contributed by atoms with E-state index in [1.54, 1.807) is 13.0 Å². The maximum atomic E-state index is 11.4. The van der Waals surface area contributed by atoms with Crippen molar-refractivity contribution in [3.63, 3.8) is 0 Å². The fraction of sp³-hybridized carbons (Fsp3) is 0.182. The highest BCUT2D eigenvalue weighted by Gasteiger charge is 2.15. The van der Waals surface area contributed by atoms with Gasteiger partial charge in [0, 0.05) is 34.3 Å². The quantitative estimate of drug-likeness (QED) is 0.478. The minimum atomic E-state index is -0.467. The lowest BCUT2D eigenvalue weighted by atomic mass is 10.1. The number of aromatic nitrogens is 1. The van der Waals surface area contributed by atoms with Crippen LogP contribution in [0.3, 0.4) is 0 Å². The van der Waals surface area contributed by atoms with Gasteiger partial charge in [0.25, 0.3) is 5.69 Å². The number of nitrogens with one attached hydrogen (secondary N) is 1. The Kier molecular flexibility index (Phi) is 2.23. The highest BCUT2D eigenvalue weighted by Crippen LogP contribution is 2.26. The van der Waals surface area contributed by atoms with E-state index < -0.39 is 4.92 Å².